The van der Waals surface area contributed by atoms with Gasteiger partial charge in [0.05, 0.1) is 6.61 Å². The Balaban J connectivity index is 0. The average molecular weight is 268 g/mol. The van der Waals surface area contributed by atoms with Crippen LogP contribution < -0.4 is 34.7 Å². The van der Waals surface area contributed by atoms with Crippen molar-refractivity contribution in [1.29, 1.82) is 0 Å². The van der Waals surface area contributed by atoms with Crippen LogP contribution in [0.5, 0.6) is 0 Å². The number of carbonyl (C=O) groups is 1. The second-order valence-corrected chi connectivity index (χ2v) is 4.32. The number of ether oxygens (including phenoxy) is 1. The zero-order chi connectivity index (χ0) is 12.2. The summed E-state index contributed by atoms with van der Waals surface area (Å²) in [6.45, 7) is 2.80. The van der Waals surface area contributed by atoms with Crippen LogP contribution in [0.1, 0.15) is 58.3 Å². The van der Waals surface area contributed by atoms with Crippen LogP contribution in [-0.2, 0) is 9.53 Å². The summed E-state index contributed by atoms with van der Waals surface area (Å²) in [6, 6.07) is 0. The van der Waals surface area contributed by atoms with Gasteiger partial charge < -0.3 is 14.6 Å². The predicted molar refractivity (Wildman–Crippen MR) is 66.2 cm³/mol. The molecule has 0 unspecified atom stereocenters. The van der Waals surface area contributed by atoms with Crippen LogP contribution >= 0.6 is 12.2 Å². The fraction of sp³-hybridized carbons (Fsp3) is 0.833. The maximum absolute atomic E-state index is 10.2. The largest absolute Gasteiger partial charge is 1.00 e. The Morgan fingerprint density at radius 1 is 1.12 bits per heavy atom. The Kier molecular flexibility index (Phi) is 16.7. The van der Waals surface area contributed by atoms with Crippen molar-refractivity contribution in [2.24, 2.45) is 0 Å². The van der Waals surface area contributed by atoms with Crippen LogP contribution in [0.2, 0.25) is 0 Å². The van der Waals surface area contributed by atoms with Gasteiger partial charge in [0.2, 0.25) is 0 Å². The molecule has 0 atom stereocenters. The van der Waals surface area contributed by atoms with Gasteiger partial charge in [-0.15, -0.1) is 0 Å². The summed E-state index contributed by atoms with van der Waals surface area (Å²) in [6.07, 6.45) is 7.46. The van der Waals surface area contributed by atoms with Gasteiger partial charge in [0.25, 0.3) is 0 Å². The van der Waals surface area contributed by atoms with Gasteiger partial charge in [0.15, 0.2) is 5.05 Å². The van der Waals surface area contributed by atoms with Crippen molar-refractivity contribution < 1.29 is 44.2 Å². The predicted octanol–water partition coefficient (Wildman–Crippen LogP) is -0.775. The van der Waals surface area contributed by atoms with Crippen molar-refractivity contribution in [2.45, 2.75) is 58.3 Å². The van der Waals surface area contributed by atoms with E-state index < -0.39 is 5.97 Å². The first-order valence-corrected chi connectivity index (χ1v) is 6.43. The molecule has 0 aliphatic heterocycles. The summed E-state index contributed by atoms with van der Waals surface area (Å²) in [7, 11) is 0. The summed E-state index contributed by atoms with van der Waals surface area (Å²) >= 11 is 4.88. The minimum Gasteiger partial charge on any atom is -0.550 e. The molecule has 0 amide bonds. The molecule has 0 aromatic rings. The van der Waals surface area contributed by atoms with Crippen LogP contribution in [0.15, 0.2) is 0 Å². The smallest absolute Gasteiger partial charge is 0.550 e. The third kappa shape index (κ3) is 16.4. The molecular formula is C12H21NaO3S. The molecule has 5 heteroatoms. The molecule has 0 spiro atoms. The van der Waals surface area contributed by atoms with Crippen LogP contribution in [-0.4, -0.2) is 17.6 Å². The van der Waals surface area contributed by atoms with Crippen LogP contribution in [0.3, 0.4) is 0 Å². The van der Waals surface area contributed by atoms with Crippen molar-refractivity contribution in [1.82, 2.24) is 0 Å². The molecule has 0 radical (unpaired) electrons. The first kappa shape index (κ1) is 19.7. The van der Waals surface area contributed by atoms with Gasteiger partial charge >= 0.3 is 29.6 Å². The SMILES string of the molecule is CCCCCCCCOC(=S)CCC(=O)[O-].[Na+]. The standard InChI is InChI=1S/C12H22O3S.Na/c1-2-3-4-5-6-7-10-15-12(16)9-8-11(13)14;/h2-10H2,1H3,(H,13,14);/q;+1/p-1. The zero-order valence-electron chi connectivity index (χ0n) is 11.0. The molecule has 0 bridgehead atoms. The Labute approximate surface area is 132 Å². The van der Waals surface area contributed by atoms with Gasteiger partial charge in [0.1, 0.15) is 0 Å². The van der Waals surface area contributed by atoms with Crippen molar-refractivity contribution in [3.8, 4) is 0 Å². The minimum absolute atomic E-state index is 0. The normalized spacial score (nSPS) is 9.47. The first-order chi connectivity index (χ1) is 7.66. The number of hydrogen-bond acceptors (Lipinski definition) is 4. The first-order valence-electron chi connectivity index (χ1n) is 6.02. The second-order valence-electron chi connectivity index (χ2n) is 3.86. The summed E-state index contributed by atoms with van der Waals surface area (Å²) in [5.74, 6) is -1.08. The van der Waals surface area contributed by atoms with Gasteiger partial charge in [-0.1, -0.05) is 39.0 Å². The van der Waals surface area contributed by atoms with E-state index >= 15 is 0 Å². The van der Waals surface area contributed by atoms with E-state index in [1.165, 1.54) is 25.7 Å². The molecular weight excluding hydrogens is 247 g/mol. The van der Waals surface area contributed by atoms with Gasteiger partial charge in [-0.2, -0.15) is 0 Å². The number of carbonyl (C=O) groups excluding carboxylic acids is 1. The average Bonchev–Trinajstić information content (AvgIpc) is 2.25. The summed E-state index contributed by atoms with van der Waals surface area (Å²) in [4.78, 5) is 10.2. The Morgan fingerprint density at radius 3 is 2.29 bits per heavy atom. The van der Waals surface area contributed by atoms with E-state index in [2.05, 4.69) is 6.92 Å². The van der Waals surface area contributed by atoms with Gasteiger partial charge in [-0.25, -0.2) is 0 Å². The molecule has 0 aromatic carbocycles. The molecule has 94 valence electrons. The van der Waals surface area contributed by atoms with E-state index in [0.717, 1.165) is 12.8 Å². The second kappa shape index (κ2) is 14.4. The number of carboxylic acid groups (broad SMARTS) is 1. The number of aliphatic carboxylic acids is 1. The Hall–Kier alpha value is 0.360. The van der Waals surface area contributed by atoms with E-state index in [1.54, 1.807) is 0 Å². The number of carboxylic acids is 1. The fourth-order valence-corrected chi connectivity index (χ4v) is 1.53. The van der Waals surface area contributed by atoms with Crippen molar-refractivity contribution in [3.63, 3.8) is 0 Å². The Bertz CT molecular complexity index is 210. The minimum atomic E-state index is -1.08. The molecule has 0 aliphatic carbocycles. The number of rotatable bonds is 10. The molecule has 0 fully saturated rings. The summed E-state index contributed by atoms with van der Waals surface area (Å²) in [5, 5.41) is 10.5. The van der Waals surface area contributed by atoms with Crippen molar-refractivity contribution >= 4 is 23.2 Å². The molecule has 0 saturated carbocycles. The molecule has 17 heavy (non-hydrogen) atoms. The van der Waals surface area contributed by atoms with E-state index in [9.17, 15) is 9.90 Å². The van der Waals surface area contributed by atoms with Crippen LogP contribution in [0.25, 0.3) is 0 Å². The molecule has 0 N–H and O–H groups in total. The van der Waals surface area contributed by atoms with Crippen LogP contribution in [0, 0.1) is 0 Å². The van der Waals surface area contributed by atoms with Crippen molar-refractivity contribution in [3.05, 3.63) is 0 Å². The third-order valence-electron chi connectivity index (χ3n) is 2.29. The van der Waals surface area contributed by atoms with Gasteiger partial charge in [-0.05, 0) is 25.1 Å². The quantitative estimate of drug-likeness (QED) is 0.296. The Morgan fingerprint density at radius 2 is 1.71 bits per heavy atom. The third-order valence-corrected chi connectivity index (χ3v) is 2.62. The molecule has 0 saturated heterocycles. The van der Waals surface area contributed by atoms with Gasteiger partial charge in [0, 0.05) is 12.4 Å². The van der Waals surface area contributed by atoms with E-state index in [0.29, 0.717) is 11.7 Å². The maximum Gasteiger partial charge on any atom is 1.00 e. The number of thiocarbonyl (C=S) groups is 1. The topological polar surface area (TPSA) is 49.4 Å². The molecule has 3 nitrogen and oxygen atoms in total. The van der Waals surface area contributed by atoms with E-state index in [-0.39, 0.29) is 42.4 Å². The summed E-state index contributed by atoms with van der Waals surface area (Å²) < 4.78 is 5.24. The summed E-state index contributed by atoms with van der Waals surface area (Å²) in [5.41, 5.74) is 0. The van der Waals surface area contributed by atoms with E-state index in [4.69, 9.17) is 17.0 Å². The number of hydrogen-bond donors (Lipinski definition) is 0. The zero-order valence-corrected chi connectivity index (χ0v) is 13.8. The number of unbranched alkanes of at least 4 members (excludes halogenated alkanes) is 5. The van der Waals surface area contributed by atoms with Crippen molar-refractivity contribution in [2.75, 3.05) is 6.61 Å². The molecule has 0 heterocycles. The maximum atomic E-state index is 10.2. The van der Waals surface area contributed by atoms with Gasteiger partial charge in [-0.3, -0.25) is 0 Å². The molecule has 0 rings (SSSR count). The van der Waals surface area contributed by atoms with Crippen LogP contribution in [0.4, 0.5) is 0 Å². The molecule has 0 aromatic heterocycles. The fourth-order valence-electron chi connectivity index (χ4n) is 1.34. The monoisotopic (exact) mass is 268 g/mol. The van der Waals surface area contributed by atoms with E-state index in [1.807, 2.05) is 0 Å². The molecule has 0 aliphatic rings.